The van der Waals surface area contributed by atoms with Crippen molar-refractivity contribution in [1.29, 1.82) is 0 Å². The predicted molar refractivity (Wildman–Crippen MR) is 124 cm³/mol. The largest absolute Gasteiger partial charge is 0.478 e. The average Bonchev–Trinajstić information content (AvgIpc) is 2.75. The molecule has 1 aliphatic heterocycles. The lowest BCUT2D eigenvalue weighted by molar-refractivity contribution is -0.132. The standard InChI is InChI=1S/C22H24ClN3O4S/c1-22(2,30-18-8-6-16(23)7-9-18)20(28)25-21(31)24-17-5-3-4-15(14-17)19(27)26-10-12-29-13-11-26/h3-9,14H,10-13H2,1-2H3,(H2,24,25,28,31). The first-order valence-electron chi connectivity index (χ1n) is 9.79. The highest BCUT2D eigenvalue weighted by atomic mass is 35.5. The molecule has 2 aromatic rings. The number of nitrogens with zero attached hydrogens (tertiary/aromatic N) is 1. The highest BCUT2D eigenvalue weighted by molar-refractivity contribution is 7.80. The molecule has 2 N–H and O–H groups in total. The molecule has 1 heterocycles. The zero-order valence-corrected chi connectivity index (χ0v) is 18.9. The first-order valence-corrected chi connectivity index (χ1v) is 10.6. The maximum atomic E-state index is 12.7. The molecule has 0 aromatic heterocycles. The summed E-state index contributed by atoms with van der Waals surface area (Å²) in [4.78, 5) is 27.1. The summed E-state index contributed by atoms with van der Waals surface area (Å²) in [5.41, 5.74) is -0.0402. The number of rotatable bonds is 5. The van der Waals surface area contributed by atoms with E-state index in [9.17, 15) is 9.59 Å². The Hall–Kier alpha value is -2.68. The van der Waals surface area contributed by atoms with Crippen LogP contribution in [0.2, 0.25) is 5.02 Å². The van der Waals surface area contributed by atoms with E-state index in [4.69, 9.17) is 33.3 Å². The van der Waals surface area contributed by atoms with Crippen molar-refractivity contribution in [2.24, 2.45) is 0 Å². The smallest absolute Gasteiger partial charge is 0.269 e. The molecule has 31 heavy (non-hydrogen) atoms. The fraction of sp³-hybridized carbons (Fsp3) is 0.318. The second-order valence-corrected chi connectivity index (χ2v) is 8.30. The zero-order chi connectivity index (χ0) is 22.4. The Morgan fingerprint density at radius 1 is 1.13 bits per heavy atom. The molecule has 2 amide bonds. The zero-order valence-electron chi connectivity index (χ0n) is 17.3. The van der Waals surface area contributed by atoms with Crippen LogP contribution in [0.5, 0.6) is 5.75 Å². The van der Waals surface area contributed by atoms with E-state index in [1.165, 1.54) is 0 Å². The Morgan fingerprint density at radius 2 is 1.81 bits per heavy atom. The number of anilines is 1. The van der Waals surface area contributed by atoms with Gasteiger partial charge >= 0.3 is 0 Å². The first kappa shape index (κ1) is 23.0. The van der Waals surface area contributed by atoms with E-state index in [2.05, 4.69) is 10.6 Å². The van der Waals surface area contributed by atoms with E-state index in [1.54, 1.807) is 67.3 Å². The van der Waals surface area contributed by atoms with Crippen LogP contribution in [0.4, 0.5) is 5.69 Å². The van der Waals surface area contributed by atoms with E-state index in [0.717, 1.165) is 0 Å². The molecule has 9 heteroatoms. The fourth-order valence-corrected chi connectivity index (χ4v) is 3.28. The predicted octanol–water partition coefficient (Wildman–Crippen LogP) is 3.48. The van der Waals surface area contributed by atoms with Crippen LogP contribution in [0.1, 0.15) is 24.2 Å². The summed E-state index contributed by atoms with van der Waals surface area (Å²) in [6.07, 6.45) is 0. The van der Waals surface area contributed by atoms with Gasteiger partial charge in [0.15, 0.2) is 10.7 Å². The Morgan fingerprint density at radius 3 is 2.48 bits per heavy atom. The minimum Gasteiger partial charge on any atom is -0.478 e. The van der Waals surface area contributed by atoms with Gasteiger partial charge in [-0.3, -0.25) is 14.9 Å². The van der Waals surface area contributed by atoms with Gasteiger partial charge in [-0.25, -0.2) is 0 Å². The molecule has 3 rings (SSSR count). The maximum Gasteiger partial charge on any atom is 0.269 e. The average molecular weight is 462 g/mol. The summed E-state index contributed by atoms with van der Waals surface area (Å²) < 4.78 is 11.1. The lowest BCUT2D eigenvalue weighted by Crippen LogP contribution is -2.49. The molecular weight excluding hydrogens is 438 g/mol. The third-order valence-corrected chi connectivity index (χ3v) is 5.08. The first-order chi connectivity index (χ1) is 14.7. The second kappa shape index (κ2) is 10.1. The van der Waals surface area contributed by atoms with Crippen molar-refractivity contribution in [3.63, 3.8) is 0 Å². The number of carbonyl (C=O) groups is 2. The van der Waals surface area contributed by atoms with Gasteiger partial charge in [0.05, 0.1) is 13.2 Å². The van der Waals surface area contributed by atoms with E-state index in [0.29, 0.717) is 48.3 Å². The van der Waals surface area contributed by atoms with Crippen molar-refractivity contribution in [3.05, 3.63) is 59.1 Å². The summed E-state index contributed by atoms with van der Waals surface area (Å²) >= 11 is 11.1. The summed E-state index contributed by atoms with van der Waals surface area (Å²) in [5, 5.41) is 6.26. The van der Waals surface area contributed by atoms with Crippen molar-refractivity contribution >= 4 is 46.4 Å². The minimum atomic E-state index is -1.17. The molecule has 164 valence electrons. The number of thiocarbonyl (C=S) groups is 1. The van der Waals surface area contributed by atoms with Gasteiger partial charge in [-0.2, -0.15) is 0 Å². The molecule has 0 aliphatic carbocycles. The van der Waals surface area contributed by atoms with Crippen LogP contribution in [-0.2, 0) is 9.53 Å². The van der Waals surface area contributed by atoms with Gasteiger partial charge in [0.25, 0.3) is 11.8 Å². The van der Waals surface area contributed by atoms with Gasteiger partial charge in [-0.05, 0) is 68.5 Å². The molecule has 0 spiro atoms. The van der Waals surface area contributed by atoms with Crippen molar-refractivity contribution in [3.8, 4) is 5.75 Å². The van der Waals surface area contributed by atoms with Gasteiger partial charge in [0.1, 0.15) is 5.75 Å². The SMILES string of the molecule is CC(C)(Oc1ccc(Cl)cc1)C(=O)NC(=S)Nc1cccc(C(=O)N2CCOCC2)c1. The minimum absolute atomic E-state index is 0.0700. The quantitative estimate of drug-likeness (QED) is 0.663. The topological polar surface area (TPSA) is 79.9 Å². The van der Waals surface area contributed by atoms with E-state index in [1.807, 2.05) is 0 Å². The number of morpholine rings is 1. The molecule has 1 saturated heterocycles. The number of nitrogens with one attached hydrogen (secondary N) is 2. The number of halogens is 1. The summed E-state index contributed by atoms with van der Waals surface area (Å²) in [6, 6.07) is 13.7. The number of carbonyl (C=O) groups excluding carboxylic acids is 2. The van der Waals surface area contributed by atoms with Gasteiger partial charge in [-0.15, -0.1) is 0 Å². The molecule has 0 bridgehead atoms. The van der Waals surface area contributed by atoms with Gasteiger partial charge < -0.3 is 19.7 Å². The van der Waals surface area contributed by atoms with Gasteiger partial charge in [0.2, 0.25) is 0 Å². The van der Waals surface area contributed by atoms with Crippen LogP contribution in [0.15, 0.2) is 48.5 Å². The van der Waals surface area contributed by atoms with Crippen LogP contribution >= 0.6 is 23.8 Å². The van der Waals surface area contributed by atoms with Crippen LogP contribution in [0.3, 0.4) is 0 Å². The van der Waals surface area contributed by atoms with Crippen molar-refractivity contribution in [2.45, 2.75) is 19.4 Å². The van der Waals surface area contributed by atoms with Crippen molar-refractivity contribution < 1.29 is 19.1 Å². The highest BCUT2D eigenvalue weighted by Crippen LogP contribution is 2.21. The van der Waals surface area contributed by atoms with Crippen LogP contribution < -0.4 is 15.4 Å². The molecule has 0 atom stereocenters. The highest BCUT2D eigenvalue weighted by Gasteiger charge is 2.30. The van der Waals surface area contributed by atoms with Crippen molar-refractivity contribution in [2.75, 3.05) is 31.6 Å². The van der Waals surface area contributed by atoms with Crippen LogP contribution in [-0.4, -0.2) is 53.7 Å². The molecule has 0 saturated carbocycles. The van der Waals surface area contributed by atoms with E-state index >= 15 is 0 Å². The fourth-order valence-electron chi connectivity index (χ4n) is 2.94. The van der Waals surface area contributed by atoms with Gasteiger partial charge in [0, 0.05) is 29.4 Å². The number of amides is 2. The number of ether oxygens (including phenoxy) is 2. The Labute approximate surface area is 191 Å². The lowest BCUT2D eigenvalue weighted by Gasteiger charge is -2.27. The monoisotopic (exact) mass is 461 g/mol. The summed E-state index contributed by atoms with van der Waals surface area (Å²) in [7, 11) is 0. The van der Waals surface area contributed by atoms with Crippen molar-refractivity contribution in [1.82, 2.24) is 10.2 Å². The van der Waals surface area contributed by atoms with Crippen LogP contribution in [0, 0.1) is 0 Å². The molecule has 2 aromatic carbocycles. The second-order valence-electron chi connectivity index (χ2n) is 7.46. The Kier molecular flexibility index (Phi) is 7.48. The number of hydrogen-bond acceptors (Lipinski definition) is 5. The lowest BCUT2D eigenvalue weighted by atomic mass is 10.1. The molecule has 7 nitrogen and oxygen atoms in total. The molecule has 0 radical (unpaired) electrons. The third-order valence-electron chi connectivity index (χ3n) is 4.63. The molecule has 0 unspecified atom stereocenters. The number of benzene rings is 2. The normalized spacial score (nSPS) is 14.0. The molecule has 1 aliphatic rings. The Bertz CT molecular complexity index is 959. The molecular formula is C22H24ClN3O4S. The van der Waals surface area contributed by atoms with E-state index < -0.39 is 11.5 Å². The third kappa shape index (κ3) is 6.40. The molecule has 1 fully saturated rings. The van der Waals surface area contributed by atoms with Gasteiger partial charge in [-0.1, -0.05) is 17.7 Å². The summed E-state index contributed by atoms with van der Waals surface area (Å²) in [5.74, 6) is 0.0256. The summed E-state index contributed by atoms with van der Waals surface area (Å²) in [6.45, 7) is 5.48. The maximum absolute atomic E-state index is 12.7. The van der Waals surface area contributed by atoms with E-state index in [-0.39, 0.29) is 11.0 Å². The number of hydrogen-bond donors (Lipinski definition) is 2. The van der Waals surface area contributed by atoms with Crippen LogP contribution in [0.25, 0.3) is 0 Å². The Balaban J connectivity index is 1.58.